The Labute approximate surface area is 108 Å². The van der Waals surface area contributed by atoms with E-state index in [9.17, 15) is 4.79 Å². The van der Waals surface area contributed by atoms with Gasteiger partial charge >= 0.3 is 0 Å². The zero-order chi connectivity index (χ0) is 12.8. The highest BCUT2D eigenvalue weighted by Gasteiger charge is 2.25. The van der Waals surface area contributed by atoms with Gasteiger partial charge in [-0.3, -0.25) is 9.78 Å². The highest BCUT2D eigenvalue weighted by molar-refractivity contribution is 5.78. The monoisotopic (exact) mass is 247 g/mol. The third kappa shape index (κ3) is 3.53. The maximum Gasteiger partial charge on any atom is 0.223 e. The molecule has 98 valence electrons. The van der Waals surface area contributed by atoms with Crippen LogP contribution >= 0.6 is 0 Å². The number of nitrogens with zero attached hydrogens (tertiary/aromatic N) is 1. The Morgan fingerprint density at radius 3 is 2.56 bits per heavy atom. The molecule has 1 aliphatic rings. The minimum absolute atomic E-state index is 0.176. The minimum Gasteiger partial charge on any atom is -0.352 e. The van der Waals surface area contributed by atoms with Crippen LogP contribution in [-0.2, 0) is 11.3 Å². The molecule has 1 amide bonds. The maximum atomic E-state index is 12.0. The van der Waals surface area contributed by atoms with Crippen LogP contribution in [0, 0.1) is 11.8 Å². The average Bonchev–Trinajstić information content (AvgIpc) is 2.46. The number of carbonyl (C=O) groups is 1. The molecule has 18 heavy (non-hydrogen) atoms. The molecule has 0 spiro atoms. The number of pyridine rings is 1. The summed E-state index contributed by atoms with van der Waals surface area (Å²) in [7, 11) is 0. The first-order chi connectivity index (χ1) is 8.79. The second-order valence-electron chi connectivity index (χ2n) is 5.03. The number of nitrogens with two attached hydrogens (primary N) is 1. The van der Waals surface area contributed by atoms with Crippen LogP contribution in [0.25, 0.3) is 0 Å². The van der Waals surface area contributed by atoms with Gasteiger partial charge in [-0.15, -0.1) is 0 Å². The summed E-state index contributed by atoms with van der Waals surface area (Å²) in [5.74, 6) is 0.978. The first-order valence-corrected chi connectivity index (χ1v) is 6.66. The molecule has 0 aromatic carbocycles. The summed E-state index contributed by atoms with van der Waals surface area (Å²) in [6, 6.07) is 3.84. The van der Waals surface area contributed by atoms with Gasteiger partial charge in [-0.25, -0.2) is 0 Å². The third-order valence-corrected chi connectivity index (χ3v) is 3.77. The van der Waals surface area contributed by atoms with Crippen molar-refractivity contribution in [3.8, 4) is 0 Å². The van der Waals surface area contributed by atoms with E-state index in [4.69, 9.17) is 5.73 Å². The van der Waals surface area contributed by atoms with Gasteiger partial charge in [0.1, 0.15) is 0 Å². The van der Waals surface area contributed by atoms with Crippen LogP contribution in [0.15, 0.2) is 24.5 Å². The SMILES string of the molecule is NCC1CCC(C(=O)NCc2ccncc2)CC1. The van der Waals surface area contributed by atoms with E-state index in [2.05, 4.69) is 10.3 Å². The van der Waals surface area contributed by atoms with Gasteiger partial charge in [0.25, 0.3) is 0 Å². The Morgan fingerprint density at radius 2 is 1.94 bits per heavy atom. The Hall–Kier alpha value is -1.42. The lowest BCUT2D eigenvalue weighted by Crippen LogP contribution is -2.33. The molecule has 0 bridgehead atoms. The van der Waals surface area contributed by atoms with Crippen molar-refractivity contribution in [3.63, 3.8) is 0 Å². The molecule has 4 nitrogen and oxygen atoms in total. The van der Waals surface area contributed by atoms with Crippen molar-refractivity contribution < 1.29 is 4.79 Å². The highest BCUT2D eigenvalue weighted by Crippen LogP contribution is 2.28. The summed E-state index contributed by atoms with van der Waals surface area (Å²) in [6.07, 6.45) is 7.61. The van der Waals surface area contributed by atoms with E-state index in [1.54, 1.807) is 12.4 Å². The van der Waals surface area contributed by atoms with E-state index in [0.717, 1.165) is 37.8 Å². The second kappa shape index (κ2) is 6.50. The first-order valence-electron chi connectivity index (χ1n) is 6.66. The molecule has 0 aliphatic heterocycles. The molecule has 0 atom stereocenters. The zero-order valence-corrected chi connectivity index (χ0v) is 10.6. The summed E-state index contributed by atoms with van der Waals surface area (Å²) in [6.45, 7) is 1.35. The fourth-order valence-electron chi connectivity index (χ4n) is 2.49. The van der Waals surface area contributed by atoms with Gasteiger partial charge in [0.2, 0.25) is 5.91 Å². The van der Waals surface area contributed by atoms with E-state index in [0.29, 0.717) is 12.5 Å². The smallest absolute Gasteiger partial charge is 0.223 e. The predicted octanol–water partition coefficient (Wildman–Crippen LogP) is 1.46. The van der Waals surface area contributed by atoms with E-state index >= 15 is 0 Å². The normalized spacial score (nSPS) is 23.6. The Kier molecular flexibility index (Phi) is 4.70. The van der Waals surface area contributed by atoms with E-state index < -0.39 is 0 Å². The van der Waals surface area contributed by atoms with Crippen molar-refractivity contribution in [1.29, 1.82) is 0 Å². The number of nitrogens with one attached hydrogen (secondary N) is 1. The van der Waals surface area contributed by atoms with Crippen LogP contribution in [0.1, 0.15) is 31.2 Å². The maximum absolute atomic E-state index is 12.0. The number of aromatic nitrogens is 1. The molecule has 1 aromatic heterocycles. The zero-order valence-electron chi connectivity index (χ0n) is 10.6. The molecular formula is C14H21N3O. The summed E-state index contributed by atoms with van der Waals surface area (Å²) in [4.78, 5) is 16.0. The molecule has 1 aliphatic carbocycles. The first kappa shape index (κ1) is 13.0. The van der Waals surface area contributed by atoms with E-state index in [1.165, 1.54) is 0 Å². The van der Waals surface area contributed by atoms with Crippen LogP contribution in [0.4, 0.5) is 0 Å². The molecule has 2 rings (SSSR count). The lowest BCUT2D eigenvalue weighted by Gasteiger charge is -2.26. The quantitative estimate of drug-likeness (QED) is 0.846. The van der Waals surface area contributed by atoms with Crippen molar-refractivity contribution in [2.24, 2.45) is 17.6 Å². The largest absolute Gasteiger partial charge is 0.352 e. The van der Waals surface area contributed by atoms with Crippen LogP contribution in [-0.4, -0.2) is 17.4 Å². The van der Waals surface area contributed by atoms with Crippen LogP contribution in [0.5, 0.6) is 0 Å². The Bertz CT molecular complexity index is 372. The third-order valence-electron chi connectivity index (χ3n) is 3.77. The van der Waals surface area contributed by atoms with Crippen LogP contribution in [0.2, 0.25) is 0 Å². The molecule has 0 unspecified atom stereocenters. The van der Waals surface area contributed by atoms with Crippen molar-refractivity contribution in [2.75, 3.05) is 6.54 Å². The van der Waals surface area contributed by atoms with Crippen molar-refractivity contribution in [3.05, 3.63) is 30.1 Å². The fourth-order valence-corrected chi connectivity index (χ4v) is 2.49. The highest BCUT2D eigenvalue weighted by atomic mass is 16.1. The summed E-state index contributed by atoms with van der Waals surface area (Å²) in [5, 5.41) is 3.00. The standard InChI is InChI=1S/C14H21N3O/c15-9-11-1-3-13(4-2-11)14(18)17-10-12-5-7-16-8-6-12/h5-8,11,13H,1-4,9-10,15H2,(H,17,18). The van der Waals surface area contributed by atoms with Crippen molar-refractivity contribution >= 4 is 5.91 Å². The van der Waals surface area contributed by atoms with Crippen molar-refractivity contribution in [1.82, 2.24) is 10.3 Å². The molecule has 1 saturated carbocycles. The van der Waals surface area contributed by atoms with E-state index in [1.807, 2.05) is 12.1 Å². The van der Waals surface area contributed by atoms with Gasteiger partial charge in [-0.05, 0) is 55.8 Å². The summed E-state index contributed by atoms with van der Waals surface area (Å²) in [5.41, 5.74) is 6.74. The Balaban J connectivity index is 1.75. The number of amides is 1. The van der Waals surface area contributed by atoms with Gasteiger partial charge in [0, 0.05) is 24.9 Å². The molecule has 1 fully saturated rings. The van der Waals surface area contributed by atoms with Crippen LogP contribution < -0.4 is 11.1 Å². The van der Waals surface area contributed by atoms with Gasteiger partial charge in [-0.1, -0.05) is 0 Å². The van der Waals surface area contributed by atoms with Crippen molar-refractivity contribution in [2.45, 2.75) is 32.2 Å². The Morgan fingerprint density at radius 1 is 1.28 bits per heavy atom. The number of hydrogen-bond acceptors (Lipinski definition) is 3. The second-order valence-corrected chi connectivity index (χ2v) is 5.03. The van der Waals surface area contributed by atoms with E-state index in [-0.39, 0.29) is 11.8 Å². The van der Waals surface area contributed by atoms with Crippen LogP contribution in [0.3, 0.4) is 0 Å². The topological polar surface area (TPSA) is 68.0 Å². The van der Waals surface area contributed by atoms with Gasteiger partial charge in [0.05, 0.1) is 0 Å². The number of rotatable bonds is 4. The molecular weight excluding hydrogens is 226 g/mol. The van der Waals surface area contributed by atoms with Gasteiger partial charge in [-0.2, -0.15) is 0 Å². The lowest BCUT2D eigenvalue weighted by molar-refractivity contribution is -0.126. The minimum atomic E-state index is 0.176. The summed E-state index contributed by atoms with van der Waals surface area (Å²) >= 11 is 0. The molecule has 0 radical (unpaired) electrons. The number of carbonyl (C=O) groups excluding carboxylic acids is 1. The molecule has 0 saturated heterocycles. The fraction of sp³-hybridized carbons (Fsp3) is 0.571. The predicted molar refractivity (Wildman–Crippen MR) is 70.6 cm³/mol. The average molecular weight is 247 g/mol. The number of hydrogen-bond donors (Lipinski definition) is 2. The molecule has 3 N–H and O–H groups in total. The summed E-state index contributed by atoms with van der Waals surface area (Å²) < 4.78 is 0. The van der Waals surface area contributed by atoms with Gasteiger partial charge < -0.3 is 11.1 Å². The molecule has 1 heterocycles. The lowest BCUT2D eigenvalue weighted by atomic mass is 9.81. The van der Waals surface area contributed by atoms with Gasteiger partial charge in [0.15, 0.2) is 0 Å². The molecule has 4 heteroatoms. The molecule has 1 aromatic rings.